The summed E-state index contributed by atoms with van der Waals surface area (Å²) in [4.78, 5) is 9.38. The monoisotopic (exact) mass is 263 g/mol. The Hall–Kier alpha value is -1.00. The highest BCUT2D eigenvalue weighted by Gasteiger charge is 2.15. The number of ether oxygens (including phenoxy) is 1. The third kappa shape index (κ3) is 3.98. The number of rotatable bonds is 6. The molecule has 19 heavy (non-hydrogen) atoms. The molecule has 1 aromatic heterocycles. The lowest BCUT2D eigenvalue weighted by atomic mass is 9.95. The van der Waals surface area contributed by atoms with E-state index in [-0.39, 0.29) is 0 Å². The maximum atomic E-state index is 5.11. The summed E-state index contributed by atoms with van der Waals surface area (Å²) in [5.41, 5.74) is 3.87. The number of methoxy groups -OCH3 is 1. The number of aryl methyl sites for hydroxylation is 2. The summed E-state index contributed by atoms with van der Waals surface area (Å²) >= 11 is 0. The average molecular weight is 263 g/mol. The molecule has 2 rings (SSSR count). The van der Waals surface area contributed by atoms with Gasteiger partial charge in [0.25, 0.3) is 0 Å². The minimum absolute atomic E-state index is 0.378. The highest BCUT2D eigenvalue weighted by Crippen LogP contribution is 2.21. The smallest absolute Gasteiger partial charge is 0.130 e. The summed E-state index contributed by atoms with van der Waals surface area (Å²) in [7, 11) is 1.73. The molecule has 0 fully saturated rings. The second-order valence-electron chi connectivity index (χ2n) is 5.42. The van der Waals surface area contributed by atoms with Crippen LogP contribution in [0.25, 0.3) is 0 Å². The molecule has 1 N–H and O–H groups in total. The Balaban J connectivity index is 1.92. The molecule has 1 aliphatic carbocycles. The van der Waals surface area contributed by atoms with E-state index in [0.717, 1.165) is 38.2 Å². The zero-order valence-electron chi connectivity index (χ0n) is 12.3. The zero-order chi connectivity index (χ0) is 13.7. The van der Waals surface area contributed by atoms with Gasteiger partial charge in [0.15, 0.2) is 0 Å². The van der Waals surface area contributed by atoms with Crippen LogP contribution in [0.1, 0.15) is 42.5 Å². The lowest BCUT2D eigenvalue weighted by Gasteiger charge is -2.18. The molecule has 1 aromatic rings. The van der Waals surface area contributed by atoms with Crippen LogP contribution in [0.3, 0.4) is 0 Å². The number of nitrogens with one attached hydrogen (secondary N) is 1. The Morgan fingerprint density at radius 2 is 2.05 bits per heavy atom. The van der Waals surface area contributed by atoms with Gasteiger partial charge < -0.3 is 10.1 Å². The first kappa shape index (κ1) is 14.4. The Labute approximate surface area is 116 Å². The third-order valence-corrected chi connectivity index (χ3v) is 3.69. The second kappa shape index (κ2) is 6.96. The van der Waals surface area contributed by atoms with Crippen LogP contribution in [0.15, 0.2) is 0 Å². The maximum absolute atomic E-state index is 5.11. The fourth-order valence-corrected chi connectivity index (χ4v) is 2.70. The van der Waals surface area contributed by atoms with Crippen LogP contribution in [0.4, 0.5) is 0 Å². The second-order valence-corrected chi connectivity index (χ2v) is 5.42. The Bertz CT molecular complexity index is 420. The van der Waals surface area contributed by atoms with Crippen LogP contribution < -0.4 is 5.32 Å². The first-order valence-corrected chi connectivity index (χ1v) is 7.28. The van der Waals surface area contributed by atoms with Gasteiger partial charge in [0.1, 0.15) is 5.82 Å². The zero-order valence-corrected chi connectivity index (χ0v) is 12.3. The van der Waals surface area contributed by atoms with Crippen LogP contribution >= 0.6 is 0 Å². The molecule has 1 heterocycles. The van der Waals surface area contributed by atoms with Gasteiger partial charge >= 0.3 is 0 Å². The van der Waals surface area contributed by atoms with Gasteiger partial charge in [-0.25, -0.2) is 9.97 Å². The van der Waals surface area contributed by atoms with Crippen molar-refractivity contribution in [2.24, 2.45) is 0 Å². The number of fused-ring (bicyclic) bond motifs is 1. The van der Waals surface area contributed by atoms with Crippen molar-refractivity contribution in [1.29, 1.82) is 0 Å². The fourth-order valence-electron chi connectivity index (χ4n) is 2.70. The highest BCUT2D eigenvalue weighted by molar-refractivity contribution is 5.27. The quantitative estimate of drug-likeness (QED) is 0.850. The van der Waals surface area contributed by atoms with Crippen LogP contribution in [0.5, 0.6) is 0 Å². The van der Waals surface area contributed by atoms with Gasteiger partial charge in [-0.3, -0.25) is 0 Å². The largest absolute Gasteiger partial charge is 0.383 e. The SMILES string of the molecule is COCC(C)NCCc1nc(C)c2c(n1)CCCC2. The van der Waals surface area contributed by atoms with Crippen molar-refractivity contribution in [2.45, 2.75) is 52.0 Å². The van der Waals surface area contributed by atoms with Crippen molar-refractivity contribution in [3.05, 3.63) is 22.8 Å². The Morgan fingerprint density at radius 1 is 1.26 bits per heavy atom. The first-order chi connectivity index (χ1) is 9.20. The molecule has 0 spiro atoms. The van der Waals surface area contributed by atoms with Gasteiger partial charge in [-0.05, 0) is 45.1 Å². The summed E-state index contributed by atoms with van der Waals surface area (Å²) in [6.07, 6.45) is 5.73. The highest BCUT2D eigenvalue weighted by atomic mass is 16.5. The van der Waals surface area contributed by atoms with E-state index < -0.39 is 0 Å². The van der Waals surface area contributed by atoms with E-state index >= 15 is 0 Å². The summed E-state index contributed by atoms with van der Waals surface area (Å²) in [6, 6.07) is 0.378. The first-order valence-electron chi connectivity index (χ1n) is 7.28. The third-order valence-electron chi connectivity index (χ3n) is 3.69. The van der Waals surface area contributed by atoms with Crippen LogP contribution in [0, 0.1) is 6.92 Å². The van der Waals surface area contributed by atoms with Crippen molar-refractivity contribution in [2.75, 3.05) is 20.3 Å². The van der Waals surface area contributed by atoms with Gasteiger partial charge in [0, 0.05) is 37.5 Å². The molecular formula is C15H25N3O. The molecule has 0 amide bonds. The molecule has 1 unspecified atom stereocenters. The molecule has 4 heteroatoms. The van der Waals surface area contributed by atoms with Gasteiger partial charge in [0.05, 0.1) is 6.61 Å². The van der Waals surface area contributed by atoms with Gasteiger partial charge in [-0.15, -0.1) is 0 Å². The molecule has 106 valence electrons. The predicted octanol–water partition coefficient (Wildman–Crippen LogP) is 1.83. The van der Waals surface area contributed by atoms with E-state index in [1.165, 1.54) is 29.8 Å². The molecule has 1 atom stereocenters. The molecule has 0 saturated heterocycles. The van der Waals surface area contributed by atoms with E-state index in [0.29, 0.717) is 6.04 Å². The van der Waals surface area contributed by atoms with Gasteiger partial charge in [-0.2, -0.15) is 0 Å². The minimum Gasteiger partial charge on any atom is -0.383 e. The van der Waals surface area contributed by atoms with Crippen molar-refractivity contribution in [3.63, 3.8) is 0 Å². The molecule has 0 aromatic carbocycles. The average Bonchev–Trinajstić information content (AvgIpc) is 2.39. The van der Waals surface area contributed by atoms with E-state index in [2.05, 4.69) is 24.1 Å². The molecule has 1 aliphatic rings. The lowest BCUT2D eigenvalue weighted by Crippen LogP contribution is -2.32. The number of aromatic nitrogens is 2. The summed E-state index contributed by atoms with van der Waals surface area (Å²) in [5.74, 6) is 0.982. The summed E-state index contributed by atoms with van der Waals surface area (Å²) in [5, 5.41) is 3.43. The maximum Gasteiger partial charge on any atom is 0.130 e. The molecule has 0 radical (unpaired) electrons. The fraction of sp³-hybridized carbons (Fsp3) is 0.733. The van der Waals surface area contributed by atoms with Crippen molar-refractivity contribution in [3.8, 4) is 0 Å². The topological polar surface area (TPSA) is 47.0 Å². The van der Waals surface area contributed by atoms with Crippen molar-refractivity contribution < 1.29 is 4.74 Å². The molecular weight excluding hydrogens is 238 g/mol. The number of hydrogen-bond acceptors (Lipinski definition) is 4. The van der Waals surface area contributed by atoms with E-state index in [9.17, 15) is 0 Å². The van der Waals surface area contributed by atoms with E-state index in [4.69, 9.17) is 9.72 Å². The van der Waals surface area contributed by atoms with E-state index in [1.807, 2.05) is 0 Å². The summed E-state index contributed by atoms with van der Waals surface area (Å²) < 4.78 is 5.11. The van der Waals surface area contributed by atoms with E-state index in [1.54, 1.807) is 7.11 Å². The van der Waals surface area contributed by atoms with Crippen LogP contribution in [-0.4, -0.2) is 36.3 Å². The standard InChI is InChI=1S/C15H25N3O/c1-11(10-19-3)16-9-8-15-17-12(2)13-6-4-5-7-14(13)18-15/h11,16H,4-10H2,1-3H3. The van der Waals surface area contributed by atoms with Crippen molar-refractivity contribution >= 4 is 0 Å². The molecule has 4 nitrogen and oxygen atoms in total. The lowest BCUT2D eigenvalue weighted by molar-refractivity contribution is 0.172. The Morgan fingerprint density at radius 3 is 2.84 bits per heavy atom. The van der Waals surface area contributed by atoms with Gasteiger partial charge in [-0.1, -0.05) is 0 Å². The predicted molar refractivity (Wildman–Crippen MR) is 76.5 cm³/mol. The molecule has 0 saturated carbocycles. The van der Waals surface area contributed by atoms with Gasteiger partial charge in [0.2, 0.25) is 0 Å². The normalized spacial score (nSPS) is 16.2. The number of hydrogen-bond donors (Lipinski definition) is 1. The number of nitrogens with zero attached hydrogens (tertiary/aromatic N) is 2. The Kier molecular flexibility index (Phi) is 5.28. The molecule has 0 aliphatic heterocycles. The molecule has 0 bridgehead atoms. The summed E-state index contributed by atoms with van der Waals surface area (Å²) in [6.45, 7) is 5.89. The van der Waals surface area contributed by atoms with Crippen LogP contribution in [0.2, 0.25) is 0 Å². The van der Waals surface area contributed by atoms with Crippen molar-refractivity contribution in [1.82, 2.24) is 15.3 Å². The minimum atomic E-state index is 0.378. The van der Waals surface area contributed by atoms with Crippen LogP contribution in [-0.2, 0) is 24.0 Å².